The van der Waals surface area contributed by atoms with Crippen LogP contribution in [0.2, 0.25) is 0 Å². The Balaban J connectivity index is 0.00000288. The number of aliphatic hydroxyl groups is 1. The Bertz CT molecular complexity index is 520. The summed E-state index contributed by atoms with van der Waals surface area (Å²) in [7, 11) is 0. The van der Waals surface area contributed by atoms with E-state index in [9.17, 15) is 9.90 Å². The number of hydrogen-bond acceptors (Lipinski definition) is 4. The summed E-state index contributed by atoms with van der Waals surface area (Å²) < 4.78 is 5.85. The molecular weight excluding hydrogens is 328 g/mol. The van der Waals surface area contributed by atoms with Crippen molar-refractivity contribution in [1.29, 1.82) is 0 Å². The van der Waals surface area contributed by atoms with Crippen molar-refractivity contribution in [3.8, 4) is 5.75 Å². The Hall–Kier alpha value is -1.30. The van der Waals surface area contributed by atoms with E-state index in [1.807, 2.05) is 19.1 Å². The first-order valence-corrected chi connectivity index (χ1v) is 8.47. The van der Waals surface area contributed by atoms with Gasteiger partial charge in [-0.05, 0) is 56.9 Å². The molecule has 1 fully saturated rings. The highest BCUT2D eigenvalue weighted by atomic mass is 35.5. The number of nitrogens with one attached hydrogen (secondary N) is 1. The lowest BCUT2D eigenvalue weighted by molar-refractivity contribution is -0.120. The Morgan fingerprint density at radius 2 is 1.96 bits per heavy atom. The molecule has 1 saturated carbocycles. The molecule has 0 aromatic heterocycles. The number of carbonyl (C=O) groups excluding carboxylic acids is 1. The van der Waals surface area contributed by atoms with Gasteiger partial charge in [0.05, 0.1) is 11.6 Å². The minimum absolute atomic E-state index is 0. The quantitative estimate of drug-likeness (QED) is 0.730. The number of aliphatic hydroxyl groups excluding tert-OH is 1. The molecular formula is C18H29ClN2O3. The van der Waals surface area contributed by atoms with E-state index in [1.165, 1.54) is 0 Å². The number of hydrogen-bond donors (Lipinski definition) is 3. The molecule has 0 radical (unpaired) electrons. The molecule has 3 unspecified atom stereocenters. The predicted octanol–water partition coefficient (Wildman–Crippen LogP) is 3.25. The average Bonchev–Trinajstić information content (AvgIpc) is 2.51. The van der Waals surface area contributed by atoms with E-state index < -0.39 is 11.6 Å². The summed E-state index contributed by atoms with van der Waals surface area (Å²) in [5.41, 5.74) is 5.85. The van der Waals surface area contributed by atoms with Gasteiger partial charge in [0.25, 0.3) is 0 Å². The average molecular weight is 357 g/mol. The second-order valence-corrected chi connectivity index (χ2v) is 6.65. The third kappa shape index (κ3) is 5.65. The van der Waals surface area contributed by atoms with Crippen LogP contribution < -0.4 is 15.8 Å². The van der Waals surface area contributed by atoms with Crippen molar-refractivity contribution in [2.45, 2.75) is 70.1 Å². The van der Waals surface area contributed by atoms with Crippen molar-refractivity contribution in [3.63, 3.8) is 0 Å². The molecule has 0 saturated heterocycles. The number of amides is 1. The van der Waals surface area contributed by atoms with Crippen LogP contribution in [0.25, 0.3) is 0 Å². The lowest BCUT2D eigenvalue weighted by Crippen LogP contribution is -2.48. The van der Waals surface area contributed by atoms with Crippen molar-refractivity contribution in [1.82, 2.24) is 0 Å². The second-order valence-electron chi connectivity index (χ2n) is 6.65. The summed E-state index contributed by atoms with van der Waals surface area (Å²) >= 11 is 0. The lowest BCUT2D eigenvalue weighted by Gasteiger charge is -2.28. The van der Waals surface area contributed by atoms with Crippen molar-refractivity contribution in [2.24, 2.45) is 5.73 Å². The first-order valence-electron chi connectivity index (χ1n) is 8.47. The number of halogens is 1. The van der Waals surface area contributed by atoms with Crippen LogP contribution in [0, 0.1) is 0 Å². The van der Waals surface area contributed by atoms with Crippen molar-refractivity contribution >= 4 is 24.0 Å². The number of ether oxygens (including phenoxy) is 1. The highest BCUT2D eigenvalue weighted by Crippen LogP contribution is 2.25. The molecule has 1 aromatic carbocycles. The van der Waals surface area contributed by atoms with Crippen LogP contribution in [0.1, 0.15) is 52.4 Å². The second kappa shape index (κ2) is 9.25. The molecule has 1 aliphatic carbocycles. The van der Waals surface area contributed by atoms with Gasteiger partial charge in [-0.15, -0.1) is 12.4 Å². The zero-order chi connectivity index (χ0) is 16.9. The van der Waals surface area contributed by atoms with Gasteiger partial charge >= 0.3 is 0 Å². The van der Waals surface area contributed by atoms with E-state index in [0.29, 0.717) is 17.9 Å². The minimum atomic E-state index is -0.865. The van der Waals surface area contributed by atoms with Crippen molar-refractivity contribution in [3.05, 3.63) is 24.3 Å². The van der Waals surface area contributed by atoms with Crippen LogP contribution in [0.15, 0.2) is 24.3 Å². The van der Waals surface area contributed by atoms with Gasteiger partial charge in [-0.2, -0.15) is 0 Å². The first-order chi connectivity index (χ1) is 10.9. The van der Waals surface area contributed by atoms with E-state index in [1.54, 1.807) is 19.1 Å². The zero-order valence-corrected chi connectivity index (χ0v) is 15.3. The topological polar surface area (TPSA) is 84.6 Å². The van der Waals surface area contributed by atoms with Crippen LogP contribution in [0.5, 0.6) is 5.75 Å². The summed E-state index contributed by atoms with van der Waals surface area (Å²) in [6.45, 7) is 3.75. The number of carbonyl (C=O) groups is 1. The largest absolute Gasteiger partial charge is 0.488 e. The molecule has 6 heteroatoms. The van der Waals surface area contributed by atoms with E-state index in [0.717, 1.165) is 32.1 Å². The van der Waals surface area contributed by atoms with Gasteiger partial charge in [0, 0.05) is 5.69 Å². The van der Waals surface area contributed by atoms with Crippen molar-refractivity contribution in [2.75, 3.05) is 5.32 Å². The smallest absolute Gasteiger partial charge is 0.244 e. The van der Waals surface area contributed by atoms with Crippen molar-refractivity contribution < 1.29 is 14.6 Å². The maximum atomic E-state index is 12.2. The molecule has 0 heterocycles. The van der Waals surface area contributed by atoms with E-state index >= 15 is 0 Å². The maximum absolute atomic E-state index is 12.2. The van der Waals surface area contributed by atoms with Crippen LogP contribution >= 0.6 is 12.4 Å². The standard InChI is InChI=1S/C18H28N2O3.ClH/c1-3-12-18(2,19)17(22)20-13-8-10-14(11-9-13)23-16-7-5-4-6-15(16)21;/h8-11,15-16,21H,3-7,12,19H2,1-2H3,(H,20,22);1H. The third-order valence-electron chi connectivity index (χ3n) is 4.36. The molecule has 1 aromatic rings. The molecule has 0 bridgehead atoms. The molecule has 1 amide bonds. The molecule has 1 aliphatic rings. The Kier molecular flexibility index (Phi) is 8.00. The van der Waals surface area contributed by atoms with Crippen LogP contribution in [0.4, 0.5) is 5.69 Å². The Morgan fingerprint density at radius 3 is 2.54 bits per heavy atom. The highest BCUT2D eigenvalue weighted by Gasteiger charge is 2.27. The maximum Gasteiger partial charge on any atom is 0.244 e. The number of benzene rings is 1. The minimum Gasteiger partial charge on any atom is -0.488 e. The summed E-state index contributed by atoms with van der Waals surface area (Å²) in [4.78, 5) is 12.2. The Labute approximate surface area is 150 Å². The Morgan fingerprint density at radius 1 is 1.33 bits per heavy atom. The summed E-state index contributed by atoms with van der Waals surface area (Å²) in [6, 6.07) is 7.21. The molecule has 136 valence electrons. The SMILES string of the molecule is CCCC(C)(N)C(=O)Nc1ccc(OC2CCCCC2O)cc1.Cl. The van der Waals surface area contributed by atoms with E-state index in [-0.39, 0.29) is 24.4 Å². The fourth-order valence-electron chi connectivity index (χ4n) is 2.91. The molecule has 4 N–H and O–H groups in total. The zero-order valence-electron chi connectivity index (χ0n) is 14.5. The summed E-state index contributed by atoms with van der Waals surface area (Å²) in [5, 5.41) is 12.8. The normalized spacial score (nSPS) is 22.8. The molecule has 3 atom stereocenters. The number of anilines is 1. The highest BCUT2D eigenvalue weighted by molar-refractivity contribution is 5.97. The van der Waals surface area contributed by atoms with E-state index in [2.05, 4.69) is 5.32 Å². The summed E-state index contributed by atoms with van der Waals surface area (Å²) in [6.07, 6.45) is 4.78. The number of nitrogens with two attached hydrogens (primary N) is 1. The molecule has 5 nitrogen and oxygen atoms in total. The number of rotatable bonds is 6. The fraction of sp³-hybridized carbons (Fsp3) is 0.611. The monoisotopic (exact) mass is 356 g/mol. The van der Waals surface area contributed by atoms with Gasteiger partial charge in [0.2, 0.25) is 5.91 Å². The first kappa shape index (κ1) is 20.7. The van der Waals surface area contributed by atoms with Gasteiger partial charge in [-0.3, -0.25) is 4.79 Å². The van der Waals surface area contributed by atoms with Gasteiger partial charge in [-0.1, -0.05) is 19.8 Å². The fourth-order valence-corrected chi connectivity index (χ4v) is 2.91. The molecule has 0 spiro atoms. The molecule has 2 rings (SSSR count). The van der Waals surface area contributed by atoms with Gasteiger partial charge < -0.3 is 20.9 Å². The molecule has 0 aliphatic heterocycles. The van der Waals surface area contributed by atoms with Crippen LogP contribution in [-0.4, -0.2) is 28.8 Å². The van der Waals surface area contributed by atoms with Gasteiger partial charge in [-0.25, -0.2) is 0 Å². The predicted molar refractivity (Wildman–Crippen MR) is 98.7 cm³/mol. The van der Waals surface area contributed by atoms with E-state index in [4.69, 9.17) is 10.5 Å². The van der Waals surface area contributed by atoms with Gasteiger partial charge in [0.15, 0.2) is 0 Å². The summed E-state index contributed by atoms with van der Waals surface area (Å²) in [5.74, 6) is 0.522. The van der Waals surface area contributed by atoms with Gasteiger partial charge in [0.1, 0.15) is 11.9 Å². The van der Waals surface area contributed by atoms with Crippen LogP contribution in [-0.2, 0) is 4.79 Å². The van der Waals surface area contributed by atoms with Crippen LogP contribution in [0.3, 0.4) is 0 Å². The third-order valence-corrected chi connectivity index (χ3v) is 4.36. The molecule has 24 heavy (non-hydrogen) atoms. The lowest BCUT2D eigenvalue weighted by atomic mass is 9.95.